The molecule has 2 heterocycles. The van der Waals surface area contributed by atoms with E-state index in [0.717, 1.165) is 30.8 Å². The molecule has 2 saturated heterocycles. The minimum absolute atomic E-state index is 0. The largest absolute Gasteiger partial charge is 0.357 e. The van der Waals surface area contributed by atoms with Crippen molar-refractivity contribution in [1.82, 2.24) is 15.1 Å². The molecule has 3 unspecified atom stereocenters. The van der Waals surface area contributed by atoms with Gasteiger partial charge in [0.15, 0.2) is 5.96 Å². The molecule has 2 aliphatic heterocycles. The van der Waals surface area contributed by atoms with E-state index >= 15 is 0 Å². The molecule has 1 aliphatic carbocycles. The fourth-order valence-corrected chi connectivity index (χ4v) is 4.94. The highest BCUT2D eigenvalue weighted by Gasteiger charge is 2.35. The fourth-order valence-electron chi connectivity index (χ4n) is 4.94. The SMILES string of the molecule is CCNC(=NCC1CCCN(C(C)C)C1)N1CC2CCCCC2C1.I. The van der Waals surface area contributed by atoms with Crippen molar-refractivity contribution in [2.75, 3.05) is 39.3 Å². The van der Waals surface area contributed by atoms with E-state index in [1.165, 1.54) is 70.7 Å². The lowest BCUT2D eigenvalue weighted by Crippen LogP contribution is -2.43. The van der Waals surface area contributed by atoms with E-state index < -0.39 is 0 Å². The van der Waals surface area contributed by atoms with E-state index in [4.69, 9.17) is 4.99 Å². The van der Waals surface area contributed by atoms with Crippen LogP contribution >= 0.6 is 24.0 Å². The van der Waals surface area contributed by atoms with Crippen LogP contribution in [0.4, 0.5) is 0 Å². The Labute approximate surface area is 172 Å². The predicted octanol–water partition coefficient (Wildman–Crippen LogP) is 3.81. The minimum atomic E-state index is 0. The first-order chi connectivity index (χ1) is 11.7. The lowest BCUT2D eigenvalue weighted by atomic mass is 9.82. The summed E-state index contributed by atoms with van der Waals surface area (Å²) in [5.41, 5.74) is 0. The van der Waals surface area contributed by atoms with E-state index in [1.807, 2.05) is 0 Å². The second-order valence-corrected chi connectivity index (χ2v) is 8.50. The molecular formula is C20H39IN4. The monoisotopic (exact) mass is 462 g/mol. The molecule has 5 heteroatoms. The van der Waals surface area contributed by atoms with E-state index in [-0.39, 0.29) is 24.0 Å². The molecule has 0 amide bonds. The second kappa shape index (κ2) is 10.3. The standard InChI is InChI=1S/C20H38N4.HI/c1-4-21-20(24-14-18-9-5-6-10-19(18)15-24)22-12-17-8-7-11-23(13-17)16(2)3;/h16-19H,4-15H2,1-3H3,(H,21,22);1H. The molecule has 0 bridgehead atoms. The van der Waals surface area contributed by atoms with Gasteiger partial charge in [-0.05, 0) is 70.8 Å². The van der Waals surface area contributed by atoms with Gasteiger partial charge in [0.05, 0.1) is 0 Å². The number of guanidine groups is 1. The Morgan fingerprint density at radius 2 is 1.72 bits per heavy atom. The van der Waals surface area contributed by atoms with Crippen LogP contribution in [-0.4, -0.2) is 61.1 Å². The zero-order chi connectivity index (χ0) is 16.9. The van der Waals surface area contributed by atoms with Crippen molar-refractivity contribution in [3.05, 3.63) is 0 Å². The molecule has 25 heavy (non-hydrogen) atoms. The van der Waals surface area contributed by atoms with Crippen molar-refractivity contribution in [1.29, 1.82) is 0 Å². The zero-order valence-electron chi connectivity index (χ0n) is 16.5. The third-order valence-electron chi connectivity index (χ3n) is 6.39. The van der Waals surface area contributed by atoms with E-state index in [1.54, 1.807) is 0 Å². The summed E-state index contributed by atoms with van der Waals surface area (Å²) in [6, 6.07) is 0.673. The van der Waals surface area contributed by atoms with Crippen LogP contribution in [0, 0.1) is 17.8 Å². The van der Waals surface area contributed by atoms with Crippen LogP contribution in [0.25, 0.3) is 0 Å². The molecule has 0 aromatic carbocycles. The van der Waals surface area contributed by atoms with E-state index in [2.05, 4.69) is 35.9 Å². The van der Waals surface area contributed by atoms with E-state index in [9.17, 15) is 0 Å². The molecule has 0 radical (unpaired) electrons. The van der Waals surface area contributed by atoms with Gasteiger partial charge in [0.25, 0.3) is 0 Å². The van der Waals surface area contributed by atoms with Gasteiger partial charge in [-0.1, -0.05) is 12.8 Å². The maximum absolute atomic E-state index is 5.08. The number of rotatable bonds is 4. The molecule has 3 rings (SSSR count). The number of hydrogen-bond donors (Lipinski definition) is 1. The zero-order valence-corrected chi connectivity index (χ0v) is 18.9. The Balaban J connectivity index is 0.00000225. The second-order valence-electron chi connectivity index (χ2n) is 8.50. The van der Waals surface area contributed by atoms with Crippen LogP contribution in [-0.2, 0) is 0 Å². The van der Waals surface area contributed by atoms with Crippen LogP contribution in [0.15, 0.2) is 4.99 Å². The van der Waals surface area contributed by atoms with Gasteiger partial charge in [-0.15, -0.1) is 24.0 Å². The van der Waals surface area contributed by atoms with Gasteiger partial charge in [0, 0.05) is 38.8 Å². The Morgan fingerprint density at radius 1 is 1.04 bits per heavy atom. The number of nitrogens with one attached hydrogen (secondary N) is 1. The summed E-state index contributed by atoms with van der Waals surface area (Å²) < 4.78 is 0. The third kappa shape index (κ3) is 5.72. The molecule has 1 N–H and O–H groups in total. The lowest BCUT2D eigenvalue weighted by Gasteiger charge is -2.35. The molecule has 4 nitrogen and oxygen atoms in total. The Bertz CT molecular complexity index is 412. The number of halogens is 1. The van der Waals surface area contributed by atoms with Crippen molar-refractivity contribution >= 4 is 29.9 Å². The molecule has 0 aromatic heterocycles. The lowest BCUT2D eigenvalue weighted by molar-refractivity contribution is 0.143. The first-order valence-corrected chi connectivity index (χ1v) is 10.4. The number of fused-ring (bicyclic) bond motifs is 1. The first-order valence-electron chi connectivity index (χ1n) is 10.4. The molecule has 3 fully saturated rings. The Morgan fingerprint density at radius 3 is 2.32 bits per heavy atom. The molecule has 1 saturated carbocycles. The highest BCUT2D eigenvalue weighted by molar-refractivity contribution is 14.0. The van der Waals surface area contributed by atoms with Crippen LogP contribution in [0.3, 0.4) is 0 Å². The number of piperidine rings is 1. The molecule has 0 spiro atoms. The number of likely N-dealkylation sites (tertiary alicyclic amines) is 2. The summed E-state index contributed by atoms with van der Waals surface area (Å²) >= 11 is 0. The normalized spacial score (nSPS) is 31.0. The van der Waals surface area contributed by atoms with Gasteiger partial charge < -0.3 is 15.1 Å². The van der Waals surface area contributed by atoms with Crippen molar-refractivity contribution in [3.8, 4) is 0 Å². The van der Waals surface area contributed by atoms with Crippen LogP contribution < -0.4 is 5.32 Å². The van der Waals surface area contributed by atoms with Crippen molar-refractivity contribution in [3.63, 3.8) is 0 Å². The van der Waals surface area contributed by atoms with Gasteiger partial charge >= 0.3 is 0 Å². The number of nitrogens with zero attached hydrogens (tertiary/aromatic N) is 3. The molecular weight excluding hydrogens is 423 g/mol. The van der Waals surface area contributed by atoms with Gasteiger partial charge in [-0.3, -0.25) is 4.99 Å². The summed E-state index contributed by atoms with van der Waals surface area (Å²) in [6.45, 7) is 13.8. The average molecular weight is 462 g/mol. The quantitative estimate of drug-likeness (QED) is 0.392. The summed E-state index contributed by atoms with van der Waals surface area (Å²) in [7, 11) is 0. The molecule has 146 valence electrons. The fraction of sp³-hybridized carbons (Fsp3) is 0.950. The van der Waals surface area contributed by atoms with Gasteiger partial charge in [-0.2, -0.15) is 0 Å². The predicted molar refractivity (Wildman–Crippen MR) is 118 cm³/mol. The van der Waals surface area contributed by atoms with Crippen molar-refractivity contribution in [2.45, 2.75) is 65.3 Å². The smallest absolute Gasteiger partial charge is 0.193 e. The highest BCUT2D eigenvalue weighted by Crippen LogP contribution is 2.36. The number of aliphatic imine (C=N–C) groups is 1. The van der Waals surface area contributed by atoms with Gasteiger partial charge in [0.1, 0.15) is 0 Å². The third-order valence-corrected chi connectivity index (χ3v) is 6.39. The van der Waals surface area contributed by atoms with Crippen LogP contribution in [0.1, 0.15) is 59.3 Å². The maximum Gasteiger partial charge on any atom is 0.193 e. The maximum atomic E-state index is 5.08. The molecule has 3 aliphatic rings. The summed E-state index contributed by atoms with van der Waals surface area (Å²) in [6.07, 6.45) is 8.44. The summed E-state index contributed by atoms with van der Waals surface area (Å²) in [5, 5.41) is 3.57. The highest BCUT2D eigenvalue weighted by atomic mass is 127. The minimum Gasteiger partial charge on any atom is -0.357 e. The van der Waals surface area contributed by atoms with E-state index in [0.29, 0.717) is 6.04 Å². The van der Waals surface area contributed by atoms with Crippen LogP contribution in [0.5, 0.6) is 0 Å². The van der Waals surface area contributed by atoms with Gasteiger partial charge in [-0.25, -0.2) is 0 Å². The summed E-state index contributed by atoms with van der Waals surface area (Å²) in [5.74, 6) is 3.77. The average Bonchev–Trinajstić information content (AvgIpc) is 3.02. The Hall–Kier alpha value is -0.0400. The first kappa shape index (κ1) is 21.3. The topological polar surface area (TPSA) is 30.9 Å². The van der Waals surface area contributed by atoms with Crippen molar-refractivity contribution in [2.24, 2.45) is 22.7 Å². The Kier molecular flexibility index (Phi) is 8.79. The molecule has 0 aromatic rings. The van der Waals surface area contributed by atoms with Gasteiger partial charge in [0.2, 0.25) is 0 Å². The van der Waals surface area contributed by atoms with Crippen molar-refractivity contribution < 1.29 is 0 Å². The van der Waals surface area contributed by atoms with Crippen LogP contribution in [0.2, 0.25) is 0 Å². The number of hydrogen-bond acceptors (Lipinski definition) is 2. The summed E-state index contributed by atoms with van der Waals surface area (Å²) in [4.78, 5) is 10.3. The molecule has 3 atom stereocenters.